The third kappa shape index (κ3) is 2.81. The molecule has 1 heterocycles. The quantitative estimate of drug-likeness (QED) is 0.704. The summed E-state index contributed by atoms with van der Waals surface area (Å²) in [6.07, 6.45) is 3.42. The Balaban J connectivity index is 2.30. The summed E-state index contributed by atoms with van der Waals surface area (Å²) >= 11 is 0. The van der Waals surface area contributed by atoms with Gasteiger partial charge in [0, 0.05) is 13.0 Å². The molecule has 1 aliphatic rings. The van der Waals surface area contributed by atoms with Gasteiger partial charge >= 0.3 is 5.97 Å². The first-order chi connectivity index (χ1) is 5.72. The minimum Gasteiger partial charge on any atom is -0.481 e. The molecule has 0 aliphatic carbocycles. The van der Waals surface area contributed by atoms with Crippen LogP contribution in [0.15, 0.2) is 0 Å². The summed E-state index contributed by atoms with van der Waals surface area (Å²) in [5.74, 6) is -0.349. The van der Waals surface area contributed by atoms with Crippen LogP contribution in [0, 0.1) is 5.92 Å². The predicted molar refractivity (Wildman–Crippen MR) is 45.0 cm³/mol. The van der Waals surface area contributed by atoms with Crippen LogP contribution in [0.5, 0.6) is 0 Å². The number of rotatable bonds is 3. The van der Waals surface area contributed by atoms with Gasteiger partial charge in [0.1, 0.15) is 0 Å². The first-order valence-electron chi connectivity index (χ1n) is 4.55. The summed E-state index contributed by atoms with van der Waals surface area (Å²) in [4.78, 5) is 10.4. The maximum atomic E-state index is 10.4. The lowest BCUT2D eigenvalue weighted by atomic mass is 9.92. The summed E-state index contributed by atoms with van der Waals surface area (Å²) in [6.45, 7) is 2.81. The van der Waals surface area contributed by atoms with Crippen LogP contribution in [0.3, 0.4) is 0 Å². The van der Waals surface area contributed by atoms with Crippen LogP contribution < -0.4 is 0 Å². The fourth-order valence-corrected chi connectivity index (χ4v) is 1.68. The summed E-state index contributed by atoms with van der Waals surface area (Å²) in [5, 5.41) is 8.58. The average molecular weight is 172 g/mol. The zero-order chi connectivity index (χ0) is 8.97. The first-order valence-corrected chi connectivity index (χ1v) is 4.55. The highest BCUT2D eigenvalue weighted by atomic mass is 16.5. The van der Waals surface area contributed by atoms with Crippen molar-refractivity contribution in [1.82, 2.24) is 0 Å². The van der Waals surface area contributed by atoms with Gasteiger partial charge in [-0.3, -0.25) is 4.79 Å². The van der Waals surface area contributed by atoms with E-state index in [-0.39, 0.29) is 0 Å². The van der Waals surface area contributed by atoms with E-state index in [0.717, 1.165) is 25.9 Å². The molecular weight excluding hydrogens is 156 g/mol. The van der Waals surface area contributed by atoms with E-state index in [2.05, 4.69) is 6.92 Å². The van der Waals surface area contributed by atoms with E-state index in [1.54, 1.807) is 0 Å². The van der Waals surface area contributed by atoms with Crippen molar-refractivity contribution in [2.24, 2.45) is 5.92 Å². The van der Waals surface area contributed by atoms with Crippen molar-refractivity contribution in [3.63, 3.8) is 0 Å². The summed E-state index contributed by atoms with van der Waals surface area (Å²) in [7, 11) is 0. The standard InChI is InChI=1S/C9H16O3/c1-2-8-5-7(3-4-12-8)6-9(10)11/h7-8H,2-6H2,1H3,(H,10,11)/t7-,8-/m1/s1. The van der Waals surface area contributed by atoms with Crippen LogP contribution in [0.1, 0.15) is 32.6 Å². The maximum absolute atomic E-state index is 10.4. The fourth-order valence-electron chi connectivity index (χ4n) is 1.68. The van der Waals surface area contributed by atoms with Crippen molar-refractivity contribution in [2.75, 3.05) is 6.61 Å². The number of hydrogen-bond donors (Lipinski definition) is 1. The van der Waals surface area contributed by atoms with Crippen molar-refractivity contribution < 1.29 is 14.6 Å². The molecule has 3 nitrogen and oxygen atoms in total. The van der Waals surface area contributed by atoms with Gasteiger partial charge in [0.05, 0.1) is 6.10 Å². The number of aliphatic carboxylic acids is 1. The molecule has 12 heavy (non-hydrogen) atoms. The molecule has 1 saturated heterocycles. The third-order valence-corrected chi connectivity index (χ3v) is 2.39. The molecule has 1 fully saturated rings. The third-order valence-electron chi connectivity index (χ3n) is 2.39. The van der Waals surface area contributed by atoms with Gasteiger partial charge in [-0.1, -0.05) is 6.92 Å². The van der Waals surface area contributed by atoms with Crippen LogP contribution in [-0.2, 0) is 9.53 Å². The summed E-state index contributed by atoms with van der Waals surface area (Å²) in [5.41, 5.74) is 0. The van der Waals surface area contributed by atoms with Gasteiger partial charge in [0.15, 0.2) is 0 Å². The van der Waals surface area contributed by atoms with Gasteiger partial charge in [-0.25, -0.2) is 0 Å². The Hall–Kier alpha value is -0.570. The average Bonchev–Trinajstić information content (AvgIpc) is 2.03. The topological polar surface area (TPSA) is 46.5 Å². The van der Waals surface area contributed by atoms with E-state index in [9.17, 15) is 4.79 Å². The molecule has 2 atom stereocenters. The van der Waals surface area contributed by atoms with Crippen molar-refractivity contribution in [3.05, 3.63) is 0 Å². The maximum Gasteiger partial charge on any atom is 0.303 e. The molecule has 0 aromatic heterocycles. The second kappa shape index (κ2) is 4.45. The van der Waals surface area contributed by atoms with Crippen molar-refractivity contribution in [3.8, 4) is 0 Å². The lowest BCUT2D eigenvalue weighted by Crippen LogP contribution is -2.26. The van der Waals surface area contributed by atoms with Crippen LogP contribution >= 0.6 is 0 Å². The number of ether oxygens (including phenoxy) is 1. The second-order valence-corrected chi connectivity index (χ2v) is 3.39. The molecule has 0 saturated carbocycles. The second-order valence-electron chi connectivity index (χ2n) is 3.39. The van der Waals surface area contributed by atoms with E-state index in [1.165, 1.54) is 0 Å². The van der Waals surface area contributed by atoms with E-state index >= 15 is 0 Å². The molecule has 0 amide bonds. The highest BCUT2D eigenvalue weighted by Gasteiger charge is 2.22. The normalized spacial score (nSPS) is 30.1. The monoisotopic (exact) mass is 172 g/mol. The van der Waals surface area contributed by atoms with E-state index < -0.39 is 5.97 Å². The Kier molecular flexibility index (Phi) is 3.53. The van der Waals surface area contributed by atoms with Crippen molar-refractivity contribution >= 4 is 5.97 Å². The van der Waals surface area contributed by atoms with Crippen LogP contribution in [-0.4, -0.2) is 23.8 Å². The number of carboxylic acids is 1. The van der Waals surface area contributed by atoms with Gasteiger partial charge in [0.25, 0.3) is 0 Å². The van der Waals surface area contributed by atoms with E-state index in [1.807, 2.05) is 0 Å². The number of carbonyl (C=O) groups is 1. The van der Waals surface area contributed by atoms with Crippen LogP contribution in [0.4, 0.5) is 0 Å². The van der Waals surface area contributed by atoms with Crippen LogP contribution in [0.25, 0.3) is 0 Å². The molecule has 0 aromatic carbocycles. The van der Waals surface area contributed by atoms with Gasteiger partial charge in [-0.05, 0) is 25.2 Å². The van der Waals surface area contributed by atoms with E-state index in [0.29, 0.717) is 18.4 Å². The first kappa shape index (κ1) is 9.52. The highest BCUT2D eigenvalue weighted by molar-refractivity contribution is 5.67. The van der Waals surface area contributed by atoms with E-state index in [4.69, 9.17) is 9.84 Å². The minimum absolute atomic E-state index is 0.295. The summed E-state index contributed by atoms with van der Waals surface area (Å²) < 4.78 is 5.45. The van der Waals surface area contributed by atoms with Crippen molar-refractivity contribution in [2.45, 2.75) is 38.7 Å². The Morgan fingerprint density at radius 3 is 3.00 bits per heavy atom. The Morgan fingerprint density at radius 2 is 2.42 bits per heavy atom. The Labute approximate surface area is 72.7 Å². The van der Waals surface area contributed by atoms with Crippen molar-refractivity contribution in [1.29, 1.82) is 0 Å². The minimum atomic E-state index is -0.684. The Morgan fingerprint density at radius 1 is 1.67 bits per heavy atom. The predicted octanol–water partition coefficient (Wildman–Crippen LogP) is 1.67. The zero-order valence-electron chi connectivity index (χ0n) is 7.45. The molecule has 1 N–H and O–H groups in total. The molecule has 1 aliphatic heterocycles. The molecule has 0 spiro atoms. The van der Waals surface area contributed by atoms with Gasteiger partial charge in [0.2, 0.25) is 0 Å². The van der Waals surface area contributed by atoms with Crippen LogP contribution in [0.2, 0.25) is 0 Å². The van der Waals surface area contributed by atoms with Gasteiger partial charge < -0.3 is 9.84 Å². The molecule has 1 rings (SSSR count). The molecule has 0 radical (unpaired) electrons. The zero-order valence-corrected chi connectivity index (χ0v) is 7.45. The van der Waals surface area contributed by atoms with Gasteiger partial charge in [-0.2, -0.15) is 0 Å². The Bertz CT molecular complexity index is 156. The highest BCUT2D eigenvalue weighted by Crippen LogP contribution is 2.24. The number of hydrogen-bond acceptors (Lipinski definition) is 2. The molecule has 70 valence electrons. The smallest absolute Gasteiger partial charge is 0.303 e. The lowest BCUT2D eigenvalue weighted by Gasteiger charge is -2.27. The molecule has 0 bridgehead atoms. The molecule has 0 aromatic rings. The van der Waals surface area contributed by atoms with Gasteiger partial charge in [-0.15, -0.1) is 0 Å². The fraction of sp³-hybridized carbons (Fsp3) is 0.889. The molecule has 0 unspecified atom stereocenters. The number of carboxylic acid groups (broad SMARTS) is 1. The SMILES string of the molecule is CC[C@@H]1C[C@H](CC(=O)O)CCO1. The lowest BCUT2D eigenvalue weighted by molar-refractivity contribution is -0.139. The largest absolute Gasteiger partial charge is 0.481 e. The molecule has 3 heteroatoms. The summed E-state index contributed by atoms with van der Waals surface area (Å²) in [6, 6.07) is 0. The molecular formula is C9H16O3.